The number of nitriles is 2. The van der Waals surface area contributed by atoms with Crippen molar-refractivity contribution in [2.45, 2.75) is 33.1 Å². The monoisotopic (exact) mass is 458 g/mol. The van der Waals surface area contributed by atoms with Crippen molar-refractivity contribution in [1.29, 1.82) is 10.5 Å². The first kappa shape index (κ1) is 23.6. The predicted octanol–water partition coefficient (Wildman–Crippen LogP) is 7.96. The molecule has 0 bridgehead atoms. The van der Waals surface area contributed by atoms with Crippen LogP contribution in [0.1, 0.15) is 47.2 Å². The lowest BCUT2D eigenvalue weighted by Gasteiger charge is -2.26. The molecule has 0 amide bonds. The summed E-state index contributed by atoms with van der Waals surface area (Å²) >= 11 is 0. The summed E-state index contributed by atoms with van der Waals surface area (Å²) in [6.07, 6.45) is 0. The molecule has 0 aromatic heterocycles. The summed E-state index contributed by atoms with van der Waals surface area (Å²) in [6, 6.07) is 31.5. The summed E-state index contributed by atoms with van der Waals surface area (Å²) in [4.78, 5) is 0. The zero-order valence-corrected chi connectivity index (χ0v) is 20.3. The zero-order valence-electron chi connectivity index (χ0n) is 20.3. The Kier molecular flexibility index (Phi) is 6.58. The van der Waals surface area contributed by atoms with E-state index in [4.69, 9.17) is 9.47 Å². The van der Waals surface area contributed by atoms with Gasteiger partial charge in [-0.1, -0.05) is 62.4 Å². The number of rotatable bonds is 6. The van der Waals surface area contributed by atoms with E-state index in [1.54, 1.807) is 0 Å². The van der Waals surface area contributed by atoms with Gasteiger partial charge in [0, 0.05) is 5.41 Å². The Morgan fingerprint density at radius 1 is 0.571 bits per heavy atom. The van der Waals surface area contributed by atoms with Crippen LogP contribution >= 0.6 is 0 Å². The van der Waals surface area contributed by atoms with Crippen LogP contribution in [0.3, 0.4) is 0 Å². The summed E-state index contributed by atoms with van der Waals surface area (Å²) in [5, 5.41) is 18.9. The van der Waals surface area contributed by atoms with Gasteiger partial charge in [0.1, 0.15) is 35.1 Å². The van der Waals surface area contributed by atoms with E-state index < -0.39 is 0 Å². The van der Waals surface area contributed by atoms with Gasteiger partial charge >= 0.3 is 0 Å². The van der Waals surface area contributed by atoms with Gasteiger partial charge in [0.05, 0.1) is 11.1 Å². The van der Waals surface area contributed by atoms with Gasteiger partial charge in [-0.3, -0.25) is 0 Å². The fraction of sp³-hybridized carbons (Fsp3) is 0.161. The Bertz CT molecular complexity index is 1330. The van der Waals surface area contributed by atoms with Crippen molar-refractivity contribution in [2.75, 3.05) is 0 Å². The Morgan fingerprint density at radius 2 is 0.943 bits per heavy atom. The molecule has 0 spiro atoms. The number of ether oxygens (including phenoxy) is 2. The highest BCUT2D eigenvalue weighted by Crippen LogP contribution is 2.35. The molecule has 4 aromatic rings. The first-order valence-electron chi connectivity index (χ1n) is 11.4. The highest BCUT2D eigenvalue weighted by Gasteiger charge is 2.23. The molecule has 172 valence electrons. The van der Waals surface area contributed by atoms with Gasteiger partial charge in [0.25, 0.3) is 0 Å². The Labute approximate surface area is 206 Å². The maximum Gasteiger partial charge on any atom is 0.145 e. The van der Waals surface area contributed by atoms with Crippen LogP contribution in [0.4, 0.5) is 0 Å². The van der Waals surface area contributed by atoms with Crippen LogP contribution in [0, 0.1) is 36.5 Å². The van der Waals surface area contributed by atoms with Crippen molar-refractivity contribution >= 4 is 0 Å². The number of benzene rings is 4. The highest BCUT2D eigenvalue weighted by atomic mass is 16.5. The molecule has 4 rings (SSSR count). The molecular formula is C31H26N2O2. The summed E-state index contributed by atoms with van der Waals surface area (Å²) in [5.41, 5.74) is 4.89. The van der Waals surface area contributed by atoms with Crippen molar-refractivity contribution < 1.29 is 9.47 Å². The largest absolute Gasteiger partial charge is 0.456 e. The van der Waals surface area contributed by atoms with Crippen LogP contribution in [-0.2, 0) is 5.41 Å². The minimum Gasteiger partial charge on any atom is -0.456 e. The first-order chi connectivity index (χ1) is 16.8. The first-order valence-corrected chi connectivity index (χ1v) is 11.4. The minimum atomic E-state index is -0.251. The third-order valence-electron chi connectivity index (χ3n) is 6.30. The molecule has 0 saturated carbocycles. The Balaban J connectivity index is 1.52. The van der Waals surface area contributed by atoms with E-state index in [9.17, 15) is 10.5 Å². The van der Waals surface area contributed by atoms with Gasteiger partial charge in [-0.15, -0.1) is 0 Å². The lowest BCUT2D eigenvalue weighted by molar-refractivity contribution is 0.479. The molecule has 35 heavy (non-hydrogen) atoms. The van der Waals surface area contributed by atoms with Crippen molar-refractivity contribution in [3.63, 3.8) is 0 Å². The molecule has 0 aliphatic rings. The molecule has 0 aliphatic heterocycles. The Hall–Kier alpha value is -4.54. The Morgan fingerprint density at radius 3 is 1.29 bits per heavy atom. The minimum absolute atomic E-state index is 0.251. The van der Waals surface area contributed by atoms with E-state index in [1.165, 1.54) is 0 Å². The molecule has 0 unspecified atom stereocenters. The van der Waals surface area contributed by atoms with E-state index >= 15 is 0 Å². The van der Waals surface area contributed by atoms with E-state index in [2.05, 4.69) is 26.0 Å². The molecule has 0 aliphatic carbocycles. The molecule has 0 fully saturated rings. The zero-order chi connectivity index (χ0) is 25.0. The molecule has 4 heteroatoms. The lowest BCUT2D eigenvalue weighted by atomic mass is 9.78. The fourth-order valence-corrected chi connectivity index (χ4v) is 4.04. The van der Waals surface area contributed by atoms with Crippen molar-refractivity contribution in [1.82, 2.24) is 0 Å². The van der Waals surface area contributed by atoms with Crippen LogP contribution in [0.2, 0.25) is 0 Å². The van der Waals surface area contributed by atoms with Crippen LogP contribution < -0.4 is 9.47 Å². The lowest BCUT2D eigenvalue weighted by Crippen LogP contribution is -2.18. The number of hydrogen-bond donors (Lipinski definition) is 0. The van der Waals surface area contributed by atoms with Crippen molar-refractivity contribution in [2.24, 2.45) is 0 Å². The average Bonchev–Trinajstić information content (AvgIpc) is 2.85. The maximum absolute atomic E-state index is 9.44. The number of nitrogens with zero attached hydrogens (tertiary/aromatic N) is 2. The highest BCUT2D eigenvalue weighted by molar-refractivity contribution is 5.52. The van der Waals surface area contributed by atoms with Gasteiger partial charge in [0.2, 0.25) is 0 Å². The fourth-order valence-electron chi connectivity index (χ4n) is 4.04. The van der Waals surface area contributed by atoms with Crippen LogP contribution in [0.15, 0.2) is 84.9 Å². The number of hydrogen-bond acceptors (Lipinski definition) is 4. The molecule has 0 atom stereocenters. The smallest absolute Gasteiger partial charge is 0.145 e. The third-order valence-corrected chi connectivity index (χ3v) is 6.30. The predicted molar refractivity (Wildman–Crippen MR) is 137 cm³/mol. The number of aryl methyl sites for hydroxylation is 2. The molecule has 0 heterocycles. The van der Waals surface area contributed by atoms with Gasteiger partial charge in [-0.2, -0.15) is 10.5 Å². The third kappa shape index (κ3) is 4.88. The van der Waals surface area contributed by atoms with Gasteiger partial charge < -0.3 is 9.47 Å². The van der Waals surface area contributed by atoms with Crippen LogP contribution in [0.5, 0.6) is 23.0 Å². The molecule has 0 N–H and O–H groups in total. The summed E-state index contributed by atoms with van der Waals surface area (Å²) < 4.78 is 12.0. The molecule has 4 nitrogen and oxygen atoms in total. The quantitative estimate of drug-likeness (QED) is 0.294. The van der Waals surface area contributed by atoms with Gasteiger partial charge in [-0.25, -0.2) is 0 Å². The summed E-state index contributed by atoms with van der Waals surface area (Å²) in [5.74, 6) is 2.48. The normalized spacial score (nSPS) is 10.8. The molecule has 4 aromatic carbocycles. The second kappa shape index (κ2) is 9.75. The average molecular weight is 459 g/mol. The second-order valence-electron chi connectivity index (χ2n) is 9.00. The standard InChI is InChI=1S/C31H26N2O2/c1-21-7-5-9-29(27(21)19-32)34-25-15-11-23(12-16-25)31(3,4)24-13-17-26(18-14-24)35-30-10-6-8-22(2)28(30)20-33/h5-18H,1-4H3. The van der Waals surface area contributed by atoms with Crippen LogP contribution in [-0.4, -0.2) is 0 Å². The maximum atomic E-state index is 9.44. The molecular weight excluding hydrogens is 432 g/mol. The SMILES string of the molecule is Cc1cccc(Oc2ccc(C(C)(C)c3ccc(Oc4cccc(C)c4C#N)cc3)cc2)c1C#N. The topological polar surface area (TPSA) is 66.0 Å². The van der Waals surface area contributed by atoms with E-state index in [-0.39, 0.29) is 5.41 Å². The summed E-state index contributed by atoms with van der Waals surface area (Å²) in [6.45, 7) is 8.14. The molecule has 0 radical (unpaired) electrons. The van der Waals surface area contributed by atoms with E-state index in [0.29, 0.717) is 34.1 Å². The second-order valence-corrected chi connectivity index (χ2v) is 9.00. The van der Waals surface area contributed by atoms with Crippen molar-refractivity contribution in [3.8, 4) is 35.1 Å². The van der Waals surface area contributed by atoms with E-state index in [1.807, 2.05) is 98.8 Å². The summed E-state index contributed by atoms with van der Waals surface area (Å²) in [7, 11) is 0. The van der Waals surface area contributed by atoms with E-state index in [0.717, 1.165) is 22.3 Å². The van der Waals surface area contributed by atoms with Gasteiger partial charge in [-0.05, 0) is 72.5 Å². The molecule has 0 saturated heterocycles. The van der Waals surface area contributed by atoms with Crippen molar-refractivity contribution in [3.05, 3.63) is 118 Å². The van der Waals surface area contributed by atoms with Gasteiger partial charge in [0.15, 0.2) is 0 Å². The van der Waals surface area contributed by atoms with Crippen LogP contribution in [0.25, 0.3) is 0 Å².